The highest BCUT2D eigenvalue weighted by molar-refractivity contribution is 5.22. The van der Waals surface area contributed by atoms with Crippen molar-refractivity contribution in [1.29, 1.82) is 0 Å². The lowest BCUT2D eigenvalue weighted by Gasteiger charge is -2.29. The zero-order chi connectivity index (χ0) is 11.1. The van der Waals surface area contributed by atoms with Gasteiger partial charge >= 0.3 is 0 Å². The van der Waals surface area contributed by atoms with Crippen LogP contribution in [0.3, 0.4) is 0 Å². The zero-order valence-corrected chi connectivity index (χ0v) is 9.83. The van der Waals surface area contributed by atoms with E-state index in [9.17, 15) is 4.79 Å². The number of rotatable bonds is 1. The summed E-state index contributed by atoms with van der Waals surface area (Å²) in [5, 5.41) is 3.33. The standard InChI is InChI=1S/C12H19N3O/c1-14-7-5-9(6-8-14)15-12(16)10-3-2-4-11(10)13-15/h9,13H,2-8H2,1H3. The third-order valence-corrected chi connectivity index (χ3v) is 4.00. The first-order chi connectivity index (χ1) is 7.75. The second kappa shape index (κ2) is 3.77. The fourth-order valence-corrected chi connectivity index (χ4v) is 2.95. The number of H-pyrrole nitrogens is 1. The summed E-state index contributed by atoms with van der Waals surface area (Å²) in [6.45, 7) is 2.20. The van der Waals surface area contributed by atoms with Crippen LogP contribution in [0, 0.1) is 0 Å². The lowest BCUT2D eigenvalue weighted by Crippen LogP contribution is -2.35. The van der Waals surface area contributed by atoms with Crippen LogP contribution in [0.5, 0.6) is 0 Å². The summed E-state index contributed by atoms with van der Waals surface area (Å²) in [5.74, 6) is 0. The van der Waals surface area contributed by atoms with Crippen LogP contribution in [-0.2, 0) is 12.8 Å². The van der Waals surface area contributed by atoms with Crippen LogP contribution in [0.2, 0.25) is 0 Å². The van der Waals surface area contributed by atoms with Crippen molar-refractivity contribution in [1.82, 2.24) is 14.7 Å². The van der Waals surface area contributed by atoms with E-state index in [1.165, 1.54) is 5.69 Å². The van der Waals surface area contributed by atoms with Crippen LogP contribution in [-0.4, -0.2) is 34.8 Å². The fourth-order valence-electron chi connectivity index (χ4n) is 2.95. The molecule has 1 saturated heterocycles. The third kappa shape index (κ3) is 1.52. The quantitative estimate of drug-likeness (QED) is 0.766. The molecular weight excluding hydrogens is 202 g/mol. The van der Waals surface area contributed by atoms with Gasteiger partial charge in [-0.3, -0.25) is 9.89 Å². The molecule has 1 aliphatic carbocycles. The summed E-state index contributed by atoms with van der Waals surface area (Å²) in [4.78, 5) is 14.5. The van der Waals surface area contributed by atoms with Gasteiger partial charge < -0.3 is 4.90 Å². The number of hydrogen-bond acceptors (Lipinski definition) is 2. The molecule has 1 aromatic rings. The van der Waals surface area contributed by atoms with Crippen LogP contribution in [0.1, 0.15) is 36.6 Å². The van der Waals surface area contributed by atoms with E-state index in [0.717, 1.165) is 50.8 Å². The van der Waals surface area contributed by atoms with Gasteiger partial charge in [0.25, 0.3) is 5.56 Å². The van der Waals surface area contributed by atoms with Gasteiger partial charge in [0.15, 0.2) is 0 Å². The summed E-state index contributed by atoms with van der Waals surface area (Å²) >= 11 is 0. The number of nitrogens with zero attached hydrogens (tertiary/aromatic N) is 2. The molecule has 88 valence electrons. The van der Waals surface area contributed by atoms with Crippen molar-refractivity contribution in [2.75, 3.05) is 20.1 Å². The molecule has 4 nitrogen and oxygen atoms in total. The van der Waals surface area contributed by atoms with E-state index in [1.807, 2.05) is 4.68 Å². The Kier molecular flexibility index (Phi) is 2.39. The Morgan fingerprint density at radius 3 is 2.69 bits per heavy atom. The maximum Gasteiger partial charge on any atom is 0.270 e. The Morgan fingerprint density at radius 2 is 2.00 bits per heavy atom. The first kappa shape index (κ1) is 10.1. The predicted octanol–water partition coefficient (Wildman–Crippen LogP) is 0.932. The largest absolute Gasteiger partial charge is 0.306 e. The molecule has 0 spiro atoms. The van der Waals surface area contributed by atoms with Crippen molar-refractivity contribution >= 4 is 0 Å². The number of nitrogens with one attached hydrogen (secondary N) is 1. The highest BCUT2D eigenvalue weighted by Gasteiger charge is 2.25. The number of likely N-dealkylation sites (tertiary alicyclic amines) is 1. The van der Waals surface area contributed by atoms with Crippen molar-refractivity contribution in [3.63, 3.8) is 0 Å². The lowest BCUT2D eigenvalue weighted by atomic mass is 10.1. The van der Waals surface area contributed by atoms with Crippen LogP contribution in [0.4, 0.5) is 0 Å². The van der Waals surface area contributed by atoms with E-state index >= 15 is 0 Å². The molecule has 2 heterocycles. The summed E-state index contributed by atoms with van der Waals surface area (Å²) < 4.78 is 1.90. The monoisotopic (exact) mass is 221 g/mol. The first-order valence-corrected chi connectivity index (χ1v) is 6.26. The number of aromatic nitrogens is 2. The number of aromatic amines is 1. The molecular formula is C12H19N3O. The lowest BCUT2D eigenvalue weighted by molar-refractivity contribution is 0.209. The van der Waals surface area contributed by atoms with Crippen LogP contribution < -0.4 is 5.56 Å². The van der Waals surface area contributed by atoms with Crippen molar-refractivity contribution in [3.05, 3.63) is 21.6 Å². The van der Waals surface area contributed by atoms with Crippen molar-refractivity contribution in [2.45, 2.75) is 38.1 Å². The minimum atomic E-state index is 0.252. The average molecular weight is 221 g/mol. The minimum Gasteiger partial charge on any atom is -0.306 e. The van der Waals surface area contributed by atoms with Gasteiger partial charge in [-0.05, 0) is 52.2 Å². The molecule has 0 aromatic carbocycles. The van der Waals surface area contributed by atoms with Crippen molar-refractivity contribution in [2.24, 2.45) is 0 Å². The number of aryl methyl sites for hydroxylation is 1. The molecule has 1 N–H and O–H groups in total. The van der Waals surface area contributed by atoms with Gasteiger partial charge in [-0.1, -0.05) is 0 Å². The summed E-state index contributed by atoms with van der Waals surface area (Å²) in [5.41, 5.74) is 2.50. The van der Waals surface area contributed by atoms with E-state index in [4.69, 9.17) is 0 Å². The van der Waals surface area contributed by atoms with E-state index in [-0.39, 0.29) is 5.56 Å². The molecule has 1 aromatic heterocycles. The topological polar surface area (TPSA) is 41.0 Å². The molecule has 0 atom stereocenters. The molecule has 4 heteroatoms. The maximum atomic E-state index is 12.2. The number of piperidine rings is 1. The molecule has 2 aliphatic rings. The zero-order valence-electron chi connectivity index (χ0n) is 9.83. The Labute approximate surface area is 95.2 Å². The smallest absolute Gasteiger partial charge is 0.270 e. The van der Waals surface area contributed by atoms with E-state index < -0.39 is 0 Å². The van der Waals surface area contributed by atoms with Gasteiger partial charge in [-0.2, -0.15) is 0 Å². The summed E-state index contributed by atoms with van der Waals surface area (Å²) in [6.07, 6.45) is 5.37. The highest BCUT2D eigenvalue weighted by atomic mass is 16.1. The third-order valence-electron chi connectivity index (χ3n) is 4.00. The molecule has 0 unspecified atom stereocenters. The summed E-state index contributed by atoms with van der Waals surface area (Å²) in [7, 11) is 2.15. The maximum absolute atomic E-state index is 12.2. The van der Waals surface area contributed by atoms with Crippen LogP contribution in [0.15, 0.2) is 4.79 Å². The van der Waals surface area contributed by atoms with Gasteiger partial charge in [0.2, 0.25) is 0 Å². The molecule has 1 aliphatic heterocycles. The van der Waals surface area contributed by atoms with Crippen molar-refractivity contribution < 1.29 is 0 Å². The Morgan fingerprint density at radius 1 is 1.25 bits per heavy atom. The number of hydrogen-bond donors (Lipinski definition) is 1. The second-order valence-corrected chi connectivity index (χ2v) is 5.13. The van der Waals surface area contributed by atoms with Crippen LogP contribution in [0.25, 0.3) is 0 Å². The van der Waals surface area contributed by atoms with E-state index in [0.29, 0.717) is 6.04 Å². The fraction of sp³-hybridized carbons (Fsp3) is 0.750. The van der Waals surface area contributed by atoms with Crippen LogP contribution >= 0.6 is 0 Å². The molecule has 0 amide bonds. The summed E-state index contributed by atoms with van der Waals surface area (Å²) in [6, 6.07) is 0.397. The van der Waals surface area contributed by atoms with Gasteiger partial charge in [0.05, 0.1) is 6.04 Å². The molecule has 0 radical (unpaired) electrons. The first-order valence-electron chi connectivity index (χ1n) is 6.26. The molecule has 0 saturated carbocycles. The predicted molar refractivity (Wildman–Crippen MR) is 62.8 cm³/mol. The molecule has 3 rings (SSSR count). The molecule has 16 heavy (non-hydrogen) atoms. The highest BCUT2D eigenvalue weighted by Crippen LogP contribution is 2.23. The van der Waals surface area contributed by atoms with Gasteiger partial charge in [-0.15, -0.1) is 0 Å². The second-order valence-electron chi connectivity index (χ2n) is 5.13. The molecule has 1 fully saturated rings. The normalized spacial score (nSPS) is 22.6. The van der Waals surface area contributed by atoms with Gasteiger partial charge in [0, 0.05) is 11.3 Å². The van der Waals surface area contributed by atoms with Crippen molar-refractivity contribution in [3.8, 4) is 0 Å². The minimum absolute atomic E-state index is 0.252. The van der Waals surface area contributed by atoms with Gasteiger partial charge in [-0.25, -0.2) is 4.68 Å². The Hall–Kier alpha value is -1.03. The van der Waals surface area contributed by atoms with E-state index in [1.54, 1.807) is 0 Å². The Balaban J connectivity index is 1.87. The number of fused-ring (bicyclic) bond motifs is 1. The van der Waals surface area contributed by atoms with Gasteiger partial charge in [0.1, 0.15) is 0 Å². The molecule has 0 bridgehead atoms. The SMILES string of the molecule is CN1CCC(n2[nH]c3c(c2=O)CCC3)CC1. The van der Waals surface area contributed by atoms with E-state index in [2.05, 4.69) is 17.0 Å². The average Bonchev–Trinajstić information content (AvgIpc) is 2.84. The Bertz CT molecular complexity index is 438.